The molecule has 0 aliphatic carbocycles. The van der Waals surface area contributed by atoms with E-state index in [1.807, 2.05) is 0 Å². The summed E-state index contributed by atoms with van der Waals surface area (Å²) in [6.07, 6.45) is 3.28. The highest BCUT2D eigenvalue weighted by Gasteiger charge is 2.22. The molecule has 18 heavy (non-hydrogen) atoms. The standard InChI is InChI=1S/C15H21N3/c1-3-11-4-5-14-12(8-11)13(9-17-14)15-10-16-6-7-18(15)2/h4-5,8-9,15-17H,3,6-7,10H2,1-2H3. The molecule has 3 rings (SSSR count). The van der Waals surface area contributed by atoms with Gasteiger partial charge in [0.05, 0.1) is 0 Å². The van der Waals surface area contributed by atoms with Crippen molar-refractivity contribution in [3.63, 3.8) is 0 Å². The minimum atomic E-state index is 0.486. The van der Waals surface area contributed by atoms with E-state index in [2.05, 4.69) is 53.6 Å². The Bertz CT molecular complexity index is 544. The predicted octanol–water partition coefficient (Wildman–Crippen LogP) is 2.31. The molecule has 0 bridgehead atoms. The van der Waals surface area contributed by atoms with Crippen LogP contribution in [0.4, 0.5) is 0 Å². The van der Waals surface area contributed by atoms with Crippen molar-refractivity contribution in [2.24, 2.45) is 0 Å². The van der Waals surface area contributed by atoms with Crippen LogP contribution < -0.4 is 5.32 Å². The van der Waals surface area contributed by atoms with E-state index in [0.29, 0.717) is 6.04 Å². The first-order valence-corrected chi connectivity index (χ1v) is 6.80. The van der Waals surface area contributed by atoms with E-state index in [1.165, 1.54) is 22.0 Å². The highest BCUT2D eigenvalue weighted by Crippen LogP contribution is 2.29. The average Bonchev–Trinajstić information content (AvgIpc) is 2.82. The molecule has 1 atom stereocenters. The molecule has 1 aromatic carbocycles. The van der Waals surface area contributed by atoms with Crippen molar-refractivity contribution in [3.8, 4) is 0 Å². The first-order valence-electron chi connectivity index (χ1n) is 6.80. The van der Waals surface area contributed by atoms with Gasteiger partial charge in [-0.25, -0.2) is 0 Å². The molecule has 1 unspecified atom stereocenters. The van der Waals surface area contributed by atoms with Gasteiger partial charge in [-0.3, -0.25) is 4.90 Å². The Hall–Kier alpha value is -1.32. The van der Waals surface area contributed by atoms with Crippen LogP contribution in [0, 0.1) is 0 Å². The average molecular weight is 243 g/mol. The summed E-state index contributed by atoms with van der Waals surface area (Å²) < 4.78 is 0. The summed E-state index contributed by atoms with van der Waals surface area (Å²) in [6, 6.07) is 7.24. The lowest BCUT2D eigenvalue weighted by atomic mass is 10.0. The lowest BCUT2D eigenvalue weighted by molar-refractivity contribution is 0.203. The van der Waals surface area contributed by atoms with Crippen molar-refractivity contribution in [2.75, 3.05) is 26.7 Å². The van der Waals surface area contributed by atoms with Crippen molar-refractivity contribution in [2.45, 2.75) is 19.4 Å². The number of nitrogens with zero attached hydrogens (tertiary/aromatic N) is 1. The quantitative estimate of drug-likeness (QED) is 0.848. The lowest BCUT2D eigenvalue weighted by Crippen LogP contribution is -2.43. The Kier molecular flexibility index (Phi) is 3.10. The van der Waals surface area contributed by atoms with Gasteiger partial charge < -0.3 is 10.3 Å². The van der Waals surface area contributed by atoms with E-state index in [1.54, 1.807) is 0 Å². The Morgan fingerprint density at radius 2 is 2.28 bits per heavy atom. The highest BCUT2D eigenvalue weighted by atomic mass is 15.2. The fraction of sp³-hybridized carbons (Fsp3) is 0.467. The van der Waals surface area contributed by atoms with Gasteiger partial charge in [0, 0.05) is 42.8 Å². The maximum Gasteiger partial charge on any atom is 0.0491 e. The molecular formula is C15H21N3. The summed E-state index contributed by atoms with van der Waals surface area (Å²) in [5, 5.41) is 4.88. The molecule has 1 aliphatic heterocycles. The second-order valence-corrected chi connectivity index (χ2v) is 5.18. The molecule has 2 heterocycles. The number of hydrogen-bond donors (Lipinski definition) is 2. The minimum absolute atomic E-state index is 0.486. The van der Waals surface area contributed by atoms with Gasteiger partial charge in [-0.1, -0.05) is 13.0 Å². The van der Waals surface area contributed by atoms with Crippen molar-refractivity contribution < 1.29 is 0 Å². The van der Waals surface area contributed by atoms with Crippen molar-refractivity contribution in [3.05, 3.63) is 35.5 Å². The lowest BCUT2D eigenvalue weighted by Gasteiger charge is -2.33. The number of aromatic nitrogens is 1. The molecule has 96 valence electrons. The summed E-state index contributed by atoms with van der Waals surface area (Å²) >= 11 is 0. The molecular weight excluding hydrogens is 222 g/mol. The topological polar surface area (TPSA) is 31.1 Å². The number of fused-ring (bicyclic) bond motifs is 1. The van der Waals surface area contributed by atoms with E-state index in [9.17, 15) is 0 Å². The molecule has 0 saturated carbocycles. The number of nitrogens with one attached hydrogen (secondary N) is 2. The number of hydrogen-bond acceptors (Lipinski definition) is 2. The van der Waals surface area contributed by atoms with Gasteiger partial charge in [0.1, 0.15) is 0 Å². The molecule has 1 fully saturated rings. The molecule has 1 saturated heterocycles. The number of piperazine rings is 1. The van der Waals surface area contributed by atoms with Crippen LogP contribution in [0.3, 0.4) is 0 Å². The normalized spacial score (nSPS) is 21.6. The molecule has 0 radical (unpaired) electrons. The van der Waals surface area contributed by atoms with E-state index in [-0.39, 0.29) is 0 Å². The van der Waals surface area contributed by atoms with Crippen LogP contribution in [0.1, 0.15) is 24.1 Å². The van der Waals surface area contributed by atoms with Crippen LogP contribution in [0.2, 0.25) is 0 Å². The van der Waals surface area contributed by atoms with Gasteiger partial charge in [0.2, 0.25) is 0 Å². The molecule has 1 aliphatic rings. The smallest absolute Gasteiger partial charge is 0.0491 e. The number of likely N-dealkylation sites (N-methyl/N-ethyl adjacent to an activating group) is 1. The van der Waals surface area contributed by atoms with Gasteiger partial charge in [-0.2, -0.15) is 0 Å². The third kappa shape index (κ3) is 1.93. The number of benzene rings is 1. The zero-order valence-corrected chi connectivity index (χ0v) is 11.2. The van der Waals surface area contributed by atoms with Crippen LogP contribution in [0.5, 0.6) is 0 Å². The molecule has 3 nitrogen and oxygen atoms in total. The van der Waals surface area contributed by atoms with Crippen molar-refractivity contribution in [1.29, 1.82) is 0 Å². The monoisotopic (exact) mass is 243 g/mol. The highest BCUT2D eigenvalue weighted by molar-refractivity contribution is 5.84. The van der Waals surface area contributed by atoms with Gasteiger partial charge in [-0.15, -0.1) is 0 Å². The van der Waals surface area contributed by atoms with Crippen LogP contribution in [0.15, 0.2) is 24.4 Å². The summed E-state index contributed by atoms with van der Waals surface area (Å²) in [5.41, 5.74) is 4.09. The third-order valence-electron chi connectivity index (χ3n) is 4.06. The van der Waals surface area contributed by atoms with E-state index < -0.39 is 0 Å². The summed E-state index contributed by atoms with van der Waals surface area (Å²) in [4.78, 5) is 5.85. The minimum Gasteiger partial charge on any atom is -0.361 e. The maximum absolute atomic E-state index is 3.49. The third-order valence-corrected chi connectivity index (χ3v) is 4.06. The van der Waals surface area contributed by atoms with Crippen LogP contribution in [0.25, 0.3) is 10.9 Å². The van der Waals surface area contributed by atoms with Crippen LogP contribution >= 0.6 is 0 Å². The second-order valence-electron chi connectivity index (χ2n) is 5.18. The first kappa shape index (κ1) is 11.8. The van der Waals surface area contributed by atoms with Crippen LogP contribution in [-0.2, 0) is 6.42 Å². The SMILES string of the molecule is CCc1ccc2[nH]cc(C3CNCCN3C)c2c1. The largest absolute Gasteiger partial charge is 0.361 e. The molecule has 3 heteroatoms. The molecule has 1 aromatic heterocycles. The van der Waals surface area contributed by atoms with Gasteiger partial charge in [0.25, 0.3) is 0 Å². The molecule has 0 amide bonds. The van der Waals surface area contributed by atoms with E-state index >= 15 is 0 Å². The molecule has 0 spiro atoms. The maximum atomic E-state index is 3.49. The first-order chi connectivity index (χ1) is 8.79. The fourth-order valence-electron chi connectivity index (χ4n) is 2.84. The Morgan fingerprint density at radius 3 is 3.06 bits per heavy atom. The molecule has 2 aromatic rings. The Morgan fingerprint density at radius 1 is 1.39 bits per heavy atom. The zero-order chi connectivity index (χ0) is 12.5. The van der Waals surface area contributed by atoms with Gasteiger partial charge >= 0.3 is 0 Å². The van der Waals surface area contributed by atoms with E-state index in [4.69, 9.17) is 0 Å². The number of H-pyrrole nitrogens is 1. The number of aromatic amines is 1. The summed E-state index contributed by atoms with van der Waals surface area (Å²) in [6.45, 7) is 5.46. The molecule has 2 N–H and O–H groups in total. The summed E-state index contributed by atoms with van der Waals surface area (Å²) in [5.74, 6) is 0. The van der Waals surface area contributed by atoms with Crippen molar-refractivity contribution >= 4 is 10.9 Å². The number of rotatable bonds is 2. The van der Waals surface area contributed by atoms with E-state index in [0.717, 1.165) is 26.1 Å². The second kappa shape index (κ2) is 4.75. The van der Waals surface area contributed by atoms with Gasteiger partial charge in [-0.05, 0) is 36.7 Å². The Labute approximate surface area is 108 Å². The zero-order valence-electron chi connectivity index (χ0n) is 11.2. The van der Waals surface area contributed by atoms with Crippen molar-refractivity contribution in [1.82, 2.24) is 15.2 Å². The summed E-state index contributed by atoms with van der Waals surface area (Å²) in [7, 11) is 2.22. The number of aryl methyl sites for hydroxylation is 1. The van der Waals surface area contributed by atoms with Crippen LogP contribution in [-0.4, -0.2) is 36.6 Å². The van der Waals surface area contributed by atoms with Gasteiger partial charge in [0.15, 0.2) is 0 Å². The Balaban J connectivity index is 2.05. The predicted molar refractivity (Wildman–Crippen MR) is 75.9 cm³/mol. The fourth-order valence-corrected chi connectivity index (χ4v) is 2.84.